The Morgan fingerprint density at radius 2 is 0.537 bits per heavy atom. The van der Waals surface area contributed by atoms with Crippen LogP contribution in [-0.4, -0.2) is 120 Å². The summed E-state index contributed by atoms with van der Waals surface area (Å²) in [6.45, 7) is 0.187. The lowest BCUT2D eigenvalue weighted by Crippen LogP contribution is -2.39. The van der Waals surface area contributed by atoms with Gasteiger partial charge >= 0.3 is 17.9 Å². The zero-order chi connectivity index (χ0) is 72.6. The zero-order valence-corrected chi connectivity index (χ0v) is 57.9. The number of aromatic nitrogens is 12. The van der Waals surface area contributed by atoms with Crippen LogP contribution in [0.1, 0.15) is 69.6 Å². The summed E-state index contributed by atoms with van der Waals surface area (Å²) in [5.41, 5.74) is 17.8. The number of anilines is 1. The van der Waals surface area contributed by atoms with Crippen molar-refractivity contribution in [2.75, 3.05) is 25.1 Å². The molecule has 0 amide bonds. The van der Waals surface area contributed by atoms with Crippen molar-refractivity contribution >= 4 is 67.7 Å². The zero-order valence-electron chi connectivity index (χ0n) is 57.9. The number of carbonyl (C=O) groups excluding carboxylic acids is 3. The number of esters is 3. The highest BCUT2D eigenvalue weighted by Crippen LogP contribution is 2.41. The molecule has 8 heterocycles. The average Bonchev–Trinajstić information content (AvgIpc) is 1.53. The number of carbonyl (C=O) groups is 3. The molecule has 0 atom stereocenters. The first-order valence-electron chi connectivity index (χ1n) is 35.9. The Labute approximate surface area is 613 Å². The second kappa shape index (κ2) is 24.7. The number of hydrogen-bond donors (Lipinski definition) is 5. The summed E-state index contributed by atoms with van der Waals surface area (Å²) in [7, 11) is 0. The number of rotatable bonds is 25. The quantitative estimate of drug-likeness (QED) is 0.0205. The molecule has 0 aliphatic heterocycles. The van der Waals surface area contributed by atoms with Gasteiger partial charge in [0.15, 0.2) is 0 Å². The lowest BCUT2D eigenvalue weighted by atomic mass is 9.83. The third-order valence-corrected chi connectivity index (χ3v) is 21.1. The molecule has 0 saturated carbocycles. The van der Waals surface area contributed by atoms with Crippen molar-refractivity contribution in [3.63, 3.8) is 0 Å². The molecule has 0 spiro atoms. The summed E-state index contributed by atoms with van der Waals surface area (Å²) >= 11 is 0. The Bertz CT molecular complexity index is 6250. The first kappa shape index (κ1) is 63.3. The van der Waals surface area contributed by atoms with Gasteiger partial charge < -0.3 is 40.0 Å². The van der Waals surface area contributed by atoms with Gasteiger partial charge in [0, 0.05) is 11.2 Å². The van der Waals surface area contributed by atoms with Gasteiger partial charge in [0.25, 0.3) is 0 Å². The number of ether oxygens (including phenoxy) is 3. The molecule has 0 aliphatic rings. The van der Waals surface area contributed by atoms with E-state index in [4.69, 9.17) is 14.2 Å². The van der Waals surface area contributed by atoms with E-state index >= 15 is 0 Å². The number of phenols is 4. The first-order chi connectivity index (χ1) is 52.9. The molecule has 23 nitrogen and oxygen atoms in total. The molecule has 0 aliphatic carbocycles. The number of benzene rings is 12. The van der Waals surface area contributed by atoms with Crippen molar-refractivity contribution in [1.82, 2.24) is 56.2 Å². The van der Waals surface area contributed by atoms with E-state index in [2.05, 4.69) is 11.4 Å². The topological polar surface area (TPSA) is 227 Å². The normalized spacial score (nSPS) is 12.3. The summed E-state index contributed by atoms with van der Waals surface area (Å²) in [6, 6.07) is 84.2. The Kier molecular flexibility index (Phi) is 14.5. The minimum absolute atomic E-state index is 0.0625. The van der Waals surface area contributed by atoms with Gasteiger partial charge in [-0.2, -0.15) is 0 Å². The standard InChI is InChI=1S/C85H67N13O10/c99-78-49-58(54-16-5-1-6-17-54)24-35-70(78)91-87-66-32-28-62(46-74(66)95(87)91)82(103)106-43-13-40-85(86-65-31-39-69-77(53-65)98-90(69)94(98)73-38-27-61(52-81(73)102)57-22-11-4-12-23-57,41-14-44-107-83(104)63-29-33-67-75(47-63)96-88(67)92(96)71-36-25-59(50-79(71)100)55-18-7-2-8-19-55)42-15-45-108-84(105)64-30-34-68-76(48-64)97-89(68)93(97)72-37-26-60(51-80(72)101)56-20-9-3-10-21-56/h1-12,16-39,46-53,86,99-102H,13-15,40-45H2. The molecule has 108 heavy (non-hydrogen) atoms. The average molecular weight is 1430 g/mol. The summed E-state index contributed by atoms with van der Waals surface area (Å²) in [4.78, 5) is 49.8. The molecular formula is C85H67N13O10. The van der Waals surface area contributed by atoms with E-state index < -0.39 is 23.4 Å². The fourth-order valence-electron chi connectivity index (χ4n) is 15.5. The first-order valence-corrected chi connectivity index (χ1v) is 35.9. The van der Waals surface area contributed by atoms with Crippen LogP contribution in [0.4, 0.5) is 5.69 Å². The van der Waals surface area contributed by atoms with Crippen LogP contribution in [0.15, 0.2) is 267 Å². The van der Waals surface area contributed by atoms with Crippen LogP contribution in [0.2, 0.25) is 0 Å². The van der Waals surface area contributed by atoms with E-state index in [1.54, 1.807) is 60.7 Å². The van der Waals surface area contributed by atoms with E-state index in [-0.39, 0.29) is 42.8 Å². The summed E-state index contributed by atoms with van der Waals surface area (Å²) in [5, 5.41) is 49.1. The molecule has 23 heteroatoms. The van der Waals surface area contributed by atoms with Crippen LogP contribution < -0.4 is 5.32 Å². The van der Waals surface area contributed by atoms with Crippen LogP contribution in [0.5, 0.6) is 23.0 Å². The number of phenolic OH excluding ortho intramolecular Hbond substituents is 4. The molecule has 0 radical (unpaired) electrons. The van der Waals surface area contributed by atoms with Gasteiger partial charge in [-0.05, 0) is 204 Å². The van der Waals surface area contributed by atoms with E-state index in [1.807, 2.05) is 256 Å². The Morgan fingerprint density at radius 1 is 0.278 bits per heavy atom. The SMILES string of the molecule is O=C(OCCCC(CCCOC(=O)c1ccc2c(c1)n1n(-c3ccc(-c4ccccc4)cc3O)n21)(CCCOC(=O)c1ccc2c(c1)n1n(-c3ccc(-c4ccccc4)cc3O)n21)Nc1ccc2c(c1)n1n(-c3ccc(-c4ccccc4)cc3O)n21)c1ccc2c(c1)n1n(-c3ccc(-c4ccccc4)cc3O)n21. The summed E-state index contributed by atoms with van der Waals surface area (Å²) in [5.74, 6) is -1.02. The van der Waals surface area contributed by atoms with Crippen molar-refractivity contribution in [2.24, 2.45) is 0 Å². The Balaban J connectivity index is 0.567. The van der Waals surface area contributed by atoms with Crippen LogP contribution in [0.3, 0.4) is 0 Å². The third kappa shape index (κ3) is 10.6. The number of nitrogens with one attached hydrogen (secondary N) is 1. The number of fused-ring (bicyclic) bond motifs is 16. The lowest BCUT2D eigenvalue weighted by Gasteiger charge is -2.37. The van der Waals surface area contributed by atoms with Crippen molar-refractivity contribution in [2.45, 2.75) is 44.1 Å². The molecule has 12 aromatic carbocycles. The van der Waals surface area contributed by atoms with Crippen LogP contribution in [-0.2, 0) is 14.2 Å². The molecule has 0 bridgehead atoms. The van der Waals surface area contributed by atoms with Gasteiger partial charge in [-0.25, -0.2) is 14.4 Å². The molecular weight excluding hydrogens is 1360 g/mol. The second-order valence-corrected chi connectivity index (χ2v) is 27.7. The van der Waals surface area contributed by atoms with Crippen molar-refractivity contribution in [1.29, 1.82) is 0 Å². The van der Waals surface area contributed by atoms with E-state index in [1.165, 1.54) is 0 Å². The Hall–Kier alpha value is -14.4. The van der Waals surface area contributed by atoms with Crippen LogP contribution in [0.25, 0.3) is 111 Å². The lowest BCUT2D eigenvalue weighted by molar-refractivity contribution is 0.0479. The number of aromatic hydroxyl groups is 4. The smallest absolute Gasteiger partial charge is 0.338 e. The van der Waals surface area contributed by atoms with Crippen molar-refractivity contribution in [3.05, 3.63) is 284 Å². The predicted octanol–water partition coefficient (Wildman–Crippen LogP) is 16.2. The highest BCUT2D eigenvalue weighted by molar-refractivity contribution is 5.97. The fourth-order valence-corrected chi connectivity index (χ4v) is 15.5. The molecule has 532 valence electrons. The summed E-state index contributed by atoms with van der Waals surface area (Å²) < 4.78 is 33.7. The largest absolute Gasteiger partial charge is 0.506 e. The van der Waals surface area contributed by atoms with E-state index in [9.17, 15) is 34.8 Å². The molecule has 0 fully saturated rings. The van der Waals surface area contributed by atoms with Crippen molar-refractivity contribution in [3.8, 4) is 90.3 Å². The van der Waals surface area contributed by atoms with Gasteiger partial charge in [0.05, 0.1) is 36.5 Å². The Morgan fingerprint density at radius 3 is 0.815 bits per heavy atom. The van der Waals surface area contributed by atoms with E-state index in [0.717, 1.165) is 94.3 Å². The summed E-state index contributed by atoms with van der Waals surface area (Å²) in [6.07, 6.45) is 2.63. The predicted molar refractivity (Wildman–Crippen MR) is 409 cm³/mol. The molecule has 8 aromatic heterocycles. The van der Waals surface area contributed by atoms with Gasteiger partial charge in [0.2, 0.25) is 0 Å². The van der Waals surface area contributed by atoms with Crippen molar-refractivity contribution < 1.29 is 49.0 Å². The highest BCUT2D eigenvalue weighted by Gasteiger charge is 2.35. The second-order valence-electron chi connectivity index (χ2n) is 27.7. The van der Waals surface area contributed by atoms with Crippen LogP contribution in [0, 0.1) is 0 Å². The monoisotopic (exact) mass is 1430 g/mol. The van der Waals surface area contributed by atoms with E-state index in [0.29, 0.717) is 78.0 Å². The molecule has 0 saturated heterocycles. The van der Waals surface area contributed by atoms with Gasteiger partial charge in [-0.15, -0.1) is 56.2 Å². The molecule has 20 rings (SSSR count). The highest BCUT2D eigenvalue weighted by atomic mass is 16.5. The third-order valence-electron chi connectivity index (χ3n) is 21.1. The molecule has 0 unspecified atom stereocenters. The maximum Gasteiger partial charge on any atom is 0.338 e. The molecule has 20 aromatic rings. The minimum Gasteiger partial charge on any atom is -0.506 e. The maximum atomic E-state index is 14.1. The van der Waals surface area contributed by atoms with Crippen LogP contribution >= 0.6 is 0 Å². The minimum atomic E-state index is -0.779. The fraction of sp³-hybridized carbons (Fsp3) is 0.118. The molecule has 5 N–H and O–H groups in total. The number of hydrogen-bond acceptors (Lipinski definition) is 11. The van der Waals surface area contributed by atoms with Gasteiger partial charge in [0.1, 0.15) is 89.9 Å². The number of nitrogens with zero attached hydrogens (tertiary/aromatic N) is 12. The maximum absolute atomic E-state index is 14.1. The van der Waals surface area contributed by atoms with Gasteiger partial charge in [-0.1, -0.05) is 146 Å². The van der Waals surface area contributed by atoms with Gasteiger partial charge in [-0.3, -0.25) is 0 Å².